The first-order valence-electron chi connectivity index (χ1n) is 8.27. The van der Waals surface area contributed by atoms with Gasteiger partial charge in [-0.1, -0.05) is 58.4 Å². The average Bonchev–Trinajstić information content (AvgIpc) is 2.39. The van der Waals surface area contributed by atoms with Crippen LogP contribution in [-0.2, 0) is 11.8 Å². The van der Waals surface area contributed by atoms with Crippen molar-refractivity contribution in [3.05, 3.63) is 35.4 Å². The Morgan fingerprint density at radius 1 is 1.00 bits per heavy atom. The van der Waals surface area contributed by atoms with Crippen molar-refractivity contribution in [1.82, 2.24) is 4.90 Å². The lowest BCUT2D eigenvalue weighted by molar-refractivity contribution is 0.200. The Morgan fingerprint density at radius 3 is 2.15 bits per heavy atom. The number of piperidine rings is 1. The van der Waals surface area contributed by atoms with Gasteiger partial charge in [0.15, 0.2) is 0 Å². The summed E-state index contributed by atoms with van der Waals surface area (Å²) >= 11 is 0. The highest BCUT2D eigenvalue weighted by atomic mass is 15.1. The van der Waals surface area contributed by atoms with Crippen molar-refractivity contribution in [3.63, 3.8) is 0 Å². The third-order valence-corrected chi connectivity index (χ3v) is 4.42. The summed E-state index contributed by atoms with van der Waals surface area (Å²) in [5.74, 6) is 0.758. The second-order valence-electron chi connectivity index (χ2n) is 7.62. The summed E-state index contributed by atoms with van der Waals surface area (Å²) in [5, 5.41) is 0. The Hall–Kier alpha value is -0.820. The average molecular weight is 273 g/mol. The van der Waals surface area contributed by atoms with Crippen LogP contribution in [0, 0.1) is 5.92 Å². The number of hydrogen-bond acceptors (Lipinski definition) is 1. The Balaban J connectivity index is 1.86. The second kappa shape index (κ2) is 6.76. The van der Waals surface area contributed by atoms with Crippen LogP contribution < -0.4 is 0 Å². The van der Waals surface area contributed by atoms with E-state index in [1.807, 2.05) is 0 Å². The van der Waals surface area contributed by atoms with E-state index in [9.17, 15) is 0 Å². The van der Waals surface area contributed by atoms with Gasteiger partial charge in [-0.3, -0.25) is 0 Å². The van der Waals surface area contributed by atoms with Gasteiger partial charge in [0.05, 0.1) is 0 Å². The van der Waals surface area contributed by atoms with Crippen LogP contribution in [0.25, 0.3) is 0 Å². The fourth-order valence-electron chi connectivity index (χ4n) is 3.19. The molecule has 0 spiro atoms. The molecule has 0 radical (unpaired) electrons. The number of nitrogens with zero attached hydrogens (tertiary/aromatic N) is 1. The first-order valence-corrected chi connectivity index (χ1v) is 8.27. The van der Waals surface area contributed by atoms with Gasteiger partial charge in [0.2, 0.25) is 0 Å². The minimum absolute atomic E-state index is 0.262. The molecule has 1 heterocycles. The fourth-order valence-corrected chi connectivity index (χ4v) is 3.19. The highest BCUT2D eigenvalue weighted by Gasteiger charge is 2.15. The molecular weight excluding hydrogens is 242 g/mol. The standard InChI is InChI=1S/C19H31N/c1-16(15-20-12-6-5-7-13-20)14-17-8-10-18(11-9-17)19(2,3)4/h8-11,16H,5-7,12-15H2,1-4H3/t16-/m0/s1. The zero-order chi connectivity index (χ0) is 14.6. The van der Waals surface area contributed by atoms with Crippen molar-refractivity contribution >= 4 is 0 Å². The molecule has 1 nitrogen and oxygen atoms in total. The van der Waals surface area contributed by atoms with Crippen LogP contribution in [0.5, 0.6) is 0 Å². The third kappa shape index (κ3) is 4.63. The summed E-state index contributed by atoms with van der Waals surface area (Å²) < 4.78 is 0. The van der Waals surface area contributed by atoms with Gasteiger partial charge in [-0.25, -0.2) is 0 Å². The molecule has 1 fully saturated rings. The van der Waals surface area contributed by atoms with E-state index in [2.05, 4.69) is 56.9 Å². The maximum absolute atomic E-state index is 2.65. The molecule has 0 amide bonds. The van der Waals surface area contributed by atoms with E-state index in [4.69, 9.17) is 0 Å². The molecule has 1 heteroatoms. The van der Waals surface area contributed by atoms with Gasteiger partial charge in [-0.2, -0.15) is 0 Å². The molecule has 0 unspecified atom stereocenters. The minimum atomic E-state index is 0.262. The molecule has 0 N–H and O–H groups in total. The topological polar surface area (TPSA) is 3.24 Å². The molecule has 1 aliphatic heterocycles. The first-order chi connectivity index (χ1) is 9.45. The molecule has 0 aliphatic carbocycles. The highest BCUT2D eigenvalue weighted by molar-refractivity contribution is 5.27. The largest absolute Gasteiger partial charge is 0.303 e. The van der Waals surface area contributed by atoms with Crippen LogP contribution in [0.2, 0.25) is 0 Å². The molecule has 1 aromatic carbocycles. The van der Waals surface area contributed by atoms with E-state index < -0.39 is 0 Å². The monoisotopic (exact) mass is 273 g/mol. The smallest absolute Gasteiger partial charge is 0.00102 e. The summed E-state index contributed by atoms with van der Waals surface area (Å²) in [6.45, 7) is 13.1. The summed E-state index contributed by atoms with van der Waals surface area (Å²) in [7, 11) is 0. The zero-order valence-corrected chi connectivity index (χ0v) is 13.8. The number of hydrogen-bond donors (Lipinski definition) is 0. The van der Waals surface area contributed by atoms with E-state index in [1.54, 1.807) is 0 Å². The van der Waals surface area contributed by atoms with Gasteiger partial charge in [0.1, 0.15) is 0 Å². The van der Waals surface area contributed by atoms with E-state index in [0.717, 1.165) is 5.92 Å². The predicted octanol–water partition coefficient (Wildman–Crippen LogP) is 4.65. The van der Waals surface area contributed by atoms with E-state index in [0.29, 0.717) is 0 Å². The van der Waals surface area contributed by atoms with Crippen molar-refractivity contribution in [2.24, 2.45) is 5.92 Å². The number of rotatable bonds is 4. The van der Waals surface area contributed by atoms with E-state index >= 15 is 0 Å². The number of benzene rings is 1. The molecule has 1 aliphatic rings. The van der Waals surface area contributed by atoms with Crippen molar-refractivity contribution in [1.29, 1.82) is 0 Å². The third-order valence-electron chi connectivity index (χ3n) is 4.42. The van der Waals surface area contributed by atoms with Gasteiger partial charge in [0.25, 0.3) is 0 Å². The molecule has 2 rings (SSSR count). The van der Waals surface area contributed by atoms with Crippen molar-refractivity contribution in [2.75, 3.05) is 19.6 Å². The van der Waals surface area contributed by atoms with Crippen LogP contribution in [0.15, 0.2) is 24.3 Å². The lowest BCUT2D eigenvalue weighted by Crippen LogP contribution is -2.34. The van der Waals surface area contributed by atoms with Crippen LogP contribution >= 0.6 is 0 Å². The molecule has 1 atom stereocenters. The molecule has 1 saturated heterocycles. The first kappa shape index (κ1) is 15.6. The van der Waals surface area contributed by atoms with E-state index in [1.165, 1.54) is 56.4 Å². The normalized spacial score (nSPS) is 19.0. The Bertz CT molecular complexity index is 393. The lowest BCUT2D eigenvalue weighted by Gasteiger charge is -2.29. The predicted molar refractivity (Wildman–Crippen MR) is 88.3 cm³/mol. The summed E-state index contributed by atoms with van der Waals surface area (Å²) in [4.78, 5) is 2.65. The van der Waals surface area contributed by atoms with Crippen LogP contribution in [-0.4, -0.2) is 24.5 Å². The van der Waals surface area contributed by atoms with Crippen LogP contribution in [0.3, 0.4) is 0 Å². The molecular formula is C19H31N. The SMILES string of the molecule is C[C@@H](Cc1ccc(C(C)(C)C)cc1)CN1CCCCC1. The lowest BCUT2D eigenvalue weighted by atomic mass is 9.86. The van der Waals surface area contributed by atoms with Crippen molar-refractivity contribution in [3.8, 4) is 0 Å². The van der Waals surface area contributed by atoms with Gasteiger partial charge in [0, 0.05) is 6.54 Å². The van der Waals surface area contributed by atoms with Gasteiger partial charge >= 0.3 is 0 Å². The minimum Gasteiger partial charge on any atom is -0.303 e. The number of likely N-dealkylation sites (tertiary alicyclic amines) is 1. The van der Waals surface area contributed by atoms with E-state index in [-0.39, 0.29) is 5.41 Å². The molecule has 1 aromatic rings. The molecule has 0 saturated carbocycles. The highest BCUT2D eigenvalue weighted by Crippen LogP contribution is 2.23. The summed E-state index contributed by atoms with van der Waals surface area (Å²) in [6.07, 6.45) is 5.43. The maximum Gasteiger partial charge on any atom is 0.00102 e. The Labute approximate surface area is 125 Å². The van der Waals surface area contributed by atoms with Crippen molar-refractivity contribution < 1.29 is 0 Å². The van der Waals surface area contributed by atoms with Gasteiger partial charge < -0.3 is 4.90 Å². The maximum atomic E-state index is 2.65. The molecule has 0 bridgehead atoms. The summed E-state index contributed by atoms with van der Waals surface area (Å²) in [6, 6.07) is 9.27. The van der Waals surface area contributed by atoms with Crippen molar-refractivity contribution in [2.45, 2.75) is 58.8 Å². The van der Waals surface area contributed by atoms with Gasteiger partial charge in [-0.05, 0) is 54.8 Å². The molecule has 112 valence electrons. The Morgan fingerprint density at radius 2 is 1.60 bits per heavy atom. The molecule has 0 aromatic heterocycles. The second-order valence-corrected chi connectivity index (χ2v) is 7.62. The van der Waals surface area contributed by atoms with Crippen LogP contribution in [0.1, 0.15) is 58.1 Å². The molecule has 20 heavy (non-hydrogen) atoms. The fraction of sp³-hybridized carbons (Fsp3) is 0.684. The van der Waals surface area contributed by atoms with Crippen LogP contribution in [0.4, 0.5) is 0 Å². The summed E-state index contributed by atoms with van der Waals surface area (Å²) in [5.41, 5.74) is 3.19. The van der Waals surface area contributed by atoms with Gasteiger partial charge in [-0.15, -0.1) is 0 Å². The zero-order valence-electron chi connectivity index (χ0n) is 13.8. The quantitative estimate of drug-likeness (QED) is 0.772. The Kier molecular flexibility index (Phi) is 5.26.